The van der Waals surface area contributed by atoms with E-state index in [1.165, 1.54) is 20.2 Å². The summed E-state index contributed by atoms with van der Waals surface area (Å²) in [7, 11) is 1.44. The molecule has 2 atom stereocenters. The Morgan fingerprint density at radius 2 is 1.96 bits per heavy atom. The van der Waals surface area contributed by atoms with Crippen LogP contribution in [0.2, 0.25) is 0 Å². The van der Waals surface area contributed by atoms with Crippen LogP contribution in [-0.2, 0) is 19.0 Å². The molecule has 0 saturated carbocycles. The highest BCUT2D eigenvalue weighted by Crippen LogP contribution is 2.44. The van der Waals surface area contributed by atoms with E-state index in [9.17, 15) is 22.4 Å². The van der Waals surface area contributed by atoms with Crippen LogP contribution in [0.4, 0.5) is 37.8 Å². The number of piperidine rings is 1. The average molecular weight is 663 g/mol. The Bertz CT molecular complexity index is 1850. The van der Waals surface area contributed by atoms with Gasteiger partial charge in [-0.05, 0) is 49.6 Å². The van der Waals surface area contributed by atoms with Gasteiger partial charge in [-0.2, -0.15) is 13.2 Å². The number of hydrogen-bond donors (Lipinski definition) is 1. The van der Waals surface area contributed by atoms with Crippen LogP contribution in [-0.4, -0.2) is 58.7 Å². The van der Waals surface area contributed by atoms with E-state index in [-0.39, 0.29) is 12.6 Å². The Labute approximate surface area is 265 Å². The summed E-state index contributed by atoms with van der Waals surface area (Å²) in [6.45, 7) is 1.63. The fraction of sp³-hybridized carbons (Fsp3) is 0.406. The predicted octanol–water partition coefficient (Wildman–Crippen LogP) is 5.64. The lowest BCUT2D eigenvalue weighted by Crippen LogP contribution is -2.48. The van der Waals surface area contributed by atoms with Crippen molar-refractivity contribution >= 4 is 22.4 Å². The van der Waals surface area contributed by atoms with Gasteiger partial charge in [-0.3, -0.25) is 9.69 Å². The molecule has 4 aromatic rings. The summed E-state index contributed by atoms with van der Waals surface area (Å²) in [6, 6.07) is 6.01. The minimum atomic E-state index is -4.82. The van der Waals surface area contributed by atoms with Crippen molar-refractivity contribution in [3.05, 3.63) is 81.4 Å². The minimum Gasteiger partial charge on any atom is -0.486 e. The third kappa shape index (κ3) is 5.92. The third-order valence-corrected chi connectivity index (χ3v) is 8.74. The Morgan fingerprint density at radius 3 is 2.66 bits per heavy atom. The number of nitrogen functional groups attached to an aromatic ring is 1. The van der Waals surface area contributed by atoms with Gasteiger partial charge >= 0.3 is 12.3 Å². The Hall–Kier alpha value is -4.53. The van der Waals surface area contributed by atoms with E-state index in [1.807, 2.05) is 4.90 Å². The molecule has 0 aliphatic carbocycles. The number of pyridine rings is 3. The van der Waals surface area contributed by atoms with Crippen LogP contribution < -0.4 is 25.5 Å². The number of ether oxygens (including phenoxy) is 2. The quantitative estimate of drug-likeness (QED) is 0.230. The summed E-state index contributed by atoms with van der Waals surface area (Å²) in [4.78, 5) is 26.2. The van der Waals surface area contributed by atoms with Gasteiger partial charge in [0, 0.05) is 50.0 Å². The number of alkyl halides is 4. The molecule has 3 aromatic heterocycles. The molecule has 1 fully saturated rings. The lowest BCUT2D eigenvalue weighted by Gasteiger charge is -2.41. The van der Waals surface area contributed by atoms with Crippen LogP contribution in [0.25, 0.3) is 10.9 Å². The molecule has 6 rings (SSSR count). The number of halogens is 6. The monoisotopic (exact) mass is 662 g/mol. The molecule has 0 amide bonds. The highest BCUT2D eigenvalue weighted by atomic mass is 19.3. The maximum atomic E-state index is 15.8. The third-order valence-electron chi connectivity index (χ3n) is 8.74. The molecule has 0 bridgehead atoms. The van der Waals surface area contributed by atoms with Crippen molar-refractivity contribution in [2.45, 2.75) is 57.3 Å². The van der Waals surface area contributed by atoms with Crippen molar-refractivity contribution in [1.29, 1.82) is 0 Å². The summed E-state index contributed by atoms with van der Waals surface area (Å²) in [5, 5.41) is -0.446. The van der Waals surface area contributed by atoms with Gasteiger partial charge in [-0.25, -0.2) is 23.1 Å². The van der Waals surface area contributed by atoms with E-state index < -0.39 is 76.5 Å². The summed E-state index contributed by atoms with van der Waals surface area (Å²) in [5.74, 6) is -7.89. The molecule has 1 unspecified atom stereocenters. The Kier molecular flexibility index (Phi) is 8.68. The lowest BCUT2D eigenvalue weighted by molar-refractivity contribution is -0.141. The van der Waals surface area contributed by atoms with Crippen molar-refractivity contribution in [2.75, 3.05) is 37.4 Å². The number of nitrogens with two attached hydrogens (primary N) is 1. The molecule has 0 radical (unpaired) electrons. The Balaban J connectivity index is 1.53. The van der Waals surface area contributed by atoms with Gasteiger partial charge in [0.05, 0.1) is 35.9 Å². The van der Waals surface area contributed by atoms with E-state index >= 15 is 8.78 Å². The predicted molar refractivity (Wildman–Crippen MR) is 162 cm³/mol. The number of anilines is 2. The zero-order chi connectivity index (χ0) is 33.6. The summed E-state index contributed by atoms with van der Waals surface area (Å²) < 4.78 is 101. The Morgan fingerprint density at radius 1 is 1.17 bits per heavy atom. The maximum absolute atomic E-state index is 15.8. The smallest absolute Gasteiger partial charge is 0.347 e. The first-order valence-electron chi connectivity index (χ1n) is 15.0. The maximum Gasteiger partial charge on any atom is 0.347 e. The number of hydrogen-bond acceptors (Lipinski definition) is 8. The van der Waals surface area contributed by atoms with Crippen LogP contribution in [0.1, 0.15) is 42.6 Å². The average Bonchev–Trinajstić information content (AvgIpc) is 3.06. The molecule has 5 heterocycles. The van der Waals surface area contributed by atoms with Crippen LogP contribution in [0.3, 0.4) is 0 Å². The van der Waals surface area contributed by atoms with Crippen LogP contribution in [0.15, 0.2) is 47.5 Å². The number of aromatic nitrogens is 3. The SMILES string of the molecule is COc1cc(CN(Cc2c(C(F)(F)C(F)F)n3c4c(c(F)c(F)cc4c2=O)OCC3C)[C@H]2CCCN(c3ccc(N)nc3)C2)ccn1. The van der Waals surface area contributed by atoms with E-state index in [0.29, 0.717) is 49.3 Å². The first kappa shape index (κ1) is 32.4. The van der Waals surface area contributed by atoms with E-state index in [2.05, 4.69) is 9.97 Å². The molecule has 9 nitrogen and oxygen atoms in total. The van der Waals surface area contributed by atoms with Crippen molar-refractivity contribution in [3.63, 3.8) is 0 Å². The fourth-order valence-corrected chi connectivity index (χ4v) is 6.48. The second kappa shape index (κ2) is 12.6. The molecular formula is C32H32F6N6O3. The first-order valence-corrected chi connectivity index (χ1v) is 15.0. The molecule has 250 valence electrons. The van der Waals surface area contributed by atoms with Gasteiger partial charge in [-0.1, -0.05) is 0 Å². The zero-order valence-corrected chi connectivity index (χ0v) is 25.5. The van der Waals surface area contributed by atoms with E-state index in [0.717, 1.165) is 10.3 Å². The number of rotatable bonds is 9. The number of methoxy groups -OCH3 is 1. The summed E-state index contributed by atoms with van der Waals surface area (Å²) in [5.41, 5.74) is 3.70. The molecule has 2 aliphatic heterocycles. The molecule has 15 heteroatoms. The van der Waals surface area contributed by atoms with Gasteiger partial charge in [0.1, 0.15) is 18.1 Å². The van der Waals surface area contributed by atoms with Gasteiger partial charge < -0.3 is 24.7 Å². The van der Waals surface area contributed by atoms with Crippen LogP contribution in [0, 0.1) is 11.6 Å². The van der Waals surface area contributed by atoms with Gasteiger partial charge in [0.15, 0.2) is 17.0 Å². The highest BCUT2D eigenvalue weighted by molar-refractivity contribution is 5.87. The molecule has 47 heavy (non-hydrogen) atoms. The summed E-state index contributed by atoms with van der Waals surface area (Å²) in [6.07, 6.45) is 0.178. The standard InChI is InChI=1S/C32H32F6N6O3/c1-17-16-47-29-26(34)23(33)11-21-27(29)44(17)30(32(37,38)31(35)36)22(28(21)45)15-43(13-18-7-8-40-25(10-18)46-2)20-4-3-9-42(14-20)19-5-6-24(39)41-12-19/h5-8,10-12,17,20,31H,3-4,9,13-16H2,1-2H3,(H2,39,41)/t17?,20-/m0/s1. The van der Waals surface area contributed by atoms with Gasteiger partial charge in [-0.15, -0.1) is 0 Å². The normalized spacial score (nSPS) is 18.2. The largest absolute Gasteiger partial charge is 0.486 e. The lowest BCUT2D eigenvalue weighted by atomic mass is 9.97. The molecule has 2 aliphatic rings. The summed E-state index contributed by atoms with van der Waals surface area (Å²) >= 11 is 0. The van der Waals surface area contributed by atoms with E-state index in [4.69, 9.17) is 15.2 Å². The molecule has 1 saturated heterocycles. The zero-order valence-electron chi connectivity index (χ0n) is 25.5. The van der Waals surface area contributed by atoms with Crippen molar-refractivity contribution in [3.8, 4) is 11.6 Å². The second-order valence-electron chi connectivity index (χ2n) is 11.8. The molecule has 2 N–H and O–H groups in total. The molecule has 0 spiro atoms. The second-order valence-corrected chi connectivity index (χ2v) is 11.8. The fourth-order valence-electron chi connectivity index (χ4n) is 6.48. The van der Waals surface area contributed by atoms with E-state index in [1.54, 1.807) is 35.4 Å². The first-order chi connectivity index (χ1) is 22.4. The number of benzene rings is 1. The van der Waals surface area contributed by atoms with Crippen LogP contribution in [0.5, 0.6) is 11.6 Å². The van der Waals surface area contributed by atoms with Crippen molar-refractivity contribution < 1.29 is 35.8 Å². The molecular weight excluding hydrogens is 630 g/mol. The van der Waals surface area contributed by atoms with Gasteiger partial charge in [0.2, 0.25) is 11.7 Å². The topological polar surface area (TPSA) is 98.7 Å². The van der Waals surface area contributed by atoms with Crippen molar-refractivity contribution in [2.24, 2.45) is 0 Å². The van der Waals surface area contributed by atoms with Crippen LogP contribution >= 0.6 is 0 Å². The number of nitrogens with zero attached hydrogens (tertiary/aromatic N) is 5. The van der Waals surface area contributed by atoms with Crippen molar-refractivity contribution in [1.82, 2.24) is 19.4 Å². The minimum absolute atomic E-state index is 0.0935. The highest BCUT2D eigenvalue weighted by Gasteiger charge is 2.49. The molecule has 1 aromatic carbocycles. The van der Waals surface area contributed by atoms with Gasteiger partial charge in [0.25, 0.3) is 0 Å².